The number of anilines is 1. The summed E-state index contributed by atoms with van der Waals surface area (Å²) in [6.45, 7) is 2.13. The molecule has 0 spiro atoms. The van der Waals surface area contributed by atoms with Crippen LogP contribution < -0.4 is 5.32 Å². The van der Waals surface area contributed by atoms with Crippen LogP contribution in [0.15, 0.2) is 53.0 Å². The standard InChI is InChI=1S/C16H15BrClNO2/c1-2-21-16(20)15(11-6-4-3-5-7-11)19-12-8-9-14(18)13(17)10-12/h3-10,15,19H,2H2,1H3. The number of carbonyl (C=O) groups excluding carboxylic acids is 1. The van der Waals surface area contributed by atoms with Crippen molar-refractivity contribution in [3.8, 4) is 0 Å². The van der Waals surface area contributed by atoms with Gasteiger partial charge in [-0.25, -0.2) is 4.79 Å². The Hall–Kier alpha value is -1.52. The van der Waals surface area contributed by atoms with Crippen molar-refractivity contribution in [2.24, 2.45) is 0 Å². The number of carbonyl (C=O) groups is 1. The second kappa shape index (κ2) is 7.48. The molecule has 0 saturated carbocycles. The zero-order chi connectivity index (χ0) is 15.2. The van der Waals surface area contributed by atoms with Gasteiger partial charge >= 0.3 is 5.97 Å². The lowest BCUT2D eigenvalue weighted by Crippen LogP contribution is -2.23. The second-order valence-electron chi connectivity index (χ2n) is 4.37. The number of nitrogens with one attached hydrogen (secondary N) is 1. The van der Waals surface area contributed by atoms with E-state index < -0.39 is 6.04 Å². The van der Waals surface area contributed by atoms with Gasteiger partial charge in [0.25, 0.3) is 0 Å². The lowest BCUT2D eigenvalue weighted by molar-refractivity contribution is -0.144. The average molecular weight is 369 g/mol. The van der Waals surface area contributed by atoms with Crippen molar-refractivity contribution in [3.05, 3.63) is 63.6 Å². The maximum Gasteiger partial charge on any atom is 0.333 e. The van der Waals surface area contributed by atoms with Crippen LogP contribution in [0.2, 0.25) is 5.02 Å². The molecule has 2 rings (SSSR count). The van der Waals surface area contributed by atoms with Gasteiger partial charge in [0.2, 0.25) is 0 Å². The first-order valence-electron chi connectivity index (χ1n) is 6.55. The van der Waals surface area contributed by atoms with Gasteiger partial charge in [0.1, 0.15) is 0 Å². The molecule has 0 aromatic heterocycles. The van der Waals surface area contributed by atoms with Crippen LogP contribution in [0.4, 0.5) is 5.69 Å². The van der Waals surface area contributed by atoms with E-state index in [1.165, 1.54) is 0 Å². The number of halogens is 2. The Morgan fingerprint density at radius 2 is 2.00 bits per heavy atom. The van der Waals surface area contributed by atoms with Crippen LogP contribution >= 0.6 is 27.5 Å². The Morgan fingerprint density at radius 1 is 1.29 bits per heavy atom. The van der Waals surface area contributed by atoms with Crippen molar-refractivity contribution in [2.45, 2.75) is 13.0 Å². The monoisotopic (exact) mass is 367 g/mol. The van der Waals surface area contributed by atoms with Crippen LogP contribution in [0.1, 0.15) is 18.5 Å². The summed E-state index contributed by atoms with van der Waals surface area (Å²) >= 11 is 9.35. The van der Waals surface area contributed by atoms with Crippen molar-refractivity contribution in [1.29, 1.82) is 0 Å². The number of rotatable bonds is 5. The Labute approximate surface area is 137 Å². The van der Waals surface area contributed by atoms with Gasteiger partial charge in [-0.15, -0.1) is 0 Å². The van der Waals surface area contributed by atoms with E-state index in [-0.39, 0.29) is 5.97 Å². The molecule has 2 aromatic rings. The minimum Gasteiger partial charge on any atom is -0.464 e. The Kier molecular flexibility index (Phi) is 5.65. The molecule has 0 bridgehead atoms. The molecular weight excluding hydrogens is 354 g/mol. The lowest BCUT2D eigenvalue weighted by atomic mass is 10.1. The summed E-state index contributed by atoms with van der Waals surface area (Å²) in [5.74, 6) is -0.310. The SMILES string of the molecule is CCOC(=O)C(Nc1ccc(Cl)c(Br)c1)c1ccccc1. The van der Waals surface area contributed by atoms with Crippen molar-refractivity contribution >= 4 is 39.2 Å². The summed E-state index contributed by atoms with van der Waals surface area (Å²) in [5, 5.41) is 3.80. The third kappa shape index (κ3) is 4.22. The highest BCUT2D eigenvalue weighted by Crippen LogP contribution is 2.28. The van der Waals surface area contributed by atoms with Gasteiger partial charge in [-0.05, 0) is 46.6 Å². The molecule has 0 amide bonds. The second-order valence-corrected chi connectivity index (χ2v) is 5.63. The largest absolute Gasteiger partial charge is 0.464 e. The molecule has 0 aliphatic heterocycles. The molecule has 5 heteroatoms. The van der Waals surface area contributed by atoms with E-state index in [4.69, 9.17) is 16.3 Å². The van der Waals surface area contributed by atoms with Crippen LogP contribution in [0.25, 0.3) is 0 Å². The number of esters is 1. The summed E-state index contributed by atoms with van der Waals surface area (Å²) in [6, 6.07) is 14.3. The zero-order valence-electron chi connectivity index (χ0n) is 11.5. The minimum atomic E-state index is -0.556. The van der Waals surface area contributed by atoms with Crippen molar-refractivity contribution < 1.29 is 9.53 Å². The fourth-order valence-electron chi connectivity index (χ4n) is 1.90. The molecular formula is C16H15BrClNO2. The molecule has 0 saturated heterocycles. The highest BCUT2D eigenvalue weighted by molar-refractivity contribution is 9.10. The van der Waals surface area contributed by atoms with Gasteiger partial charge in [0, 0.05) is 10.2 Å². The molecule has 110 valence electrons. The highest BCUT2D eigenvalue weighted by Gasteiger charge is 2.21. The van der Waals surface area contributed by atoms with Crippen LogP contribution in [0.5, 0.6) is 0 Å². The molecule has 0 fully saturated rings. The maximum absolute atomic E-state index is 12.2. The smallest absolute Gasteiger partial charge is 0.333 e. The topological polar surface area (TPSA) is 38.3 Å². The summed E-state index contributed by atoms with van der Waals surface area (Å²) in [5.41, 5.74) is 1.63. The molecule has 3 nitrogen and oxygen atoms in total. The first-order chi connectivity index (χ1) is 10.1. The van der Waals surface area contributed by atoms with Gasteiger partial charge in [-0.3, -0.25) is 0 Å². The van der Waals surface area contributed by atoms with E-state index in [2.05, 4.69) is 21.2 Å². The first kappa shape index (κ1) is 15.9. The molecule has 0 aliphatic rings. The first-order valence-corrected chi connectivity index (χ1v) is 7.72. The van der Waals surface area contributed by atoms with Crippen molar-refractivity contribution in [2.75, 3.05) is 11.9 Å². The Bertz CT molecular complexity index is 619. The van der Waals surface area contributed by atoms with Crippen LogP contribution in [0.3, 0.4) is 0 Å². The van der Waals surface area contributed by atoms with Crippen molar-refractivity contribution in [1.82, 2.24) is 0 Å². The molecule has 1 unspecified atom stereocenters. The van der Waals surface area contributed by atoms with Gasteiger partial charge in [0.15, 0.2) is 6.04 Å². The minimum absolute atomic E-state index is 0.310. The molecule has 1 N–H and O–H groups in total. The predicted molar refractivity (Wildman–Crippen MR) is 88.6 cm³/mol. The maximum atomic E-state index is 12.2. The summed E-state index contributed by atoms with van der Waals surface area (Å²) < 4.78 is 5.91. The lowest BCUT2D eigenvalue weighted by Gasteiger charge is -2.19. The third-order valence-electron chi connectivity index (χ3n) is 2.89. The average Bonchev–Trinajstić information content (AvgIpc) is 2.49. The summed E-state index contributed by atoms with van der Waals surface area (Å²) in [7, 11) is 0. The quantitative estimate of drug-likeness (QED) is 0.769. The van der Waals surface area contributed by atoms with E-state index in [9.17, 15) is 4.79 Å². The van der Waals surface area contributed by atoms with Crippen LogP contribution in [-0.2, 0) is 9.53 Å². The molecule has 0 radical (unpaired) electrons. The van der Waals surface area contributed by atoms with Crippen LogP contribution in [-0.4, -0.2) is 12.6 Å². The predicted octanol–water partition coefficient (Wildman–Crippen LogP) is 4.82. The summed E-state index contributed by atoms with van der Waals surface area (Å²) in [4.78, 5) is 12.2. The van der Waals surface area contributed by atoms with E-state index in [0.717, 1.165) is 15.7 Å². The number of benzene rings is 2. The molecule has 2 aromatic carbocycles. The molecule has 0 aliphatic carbocycles. The number of hydrogen-bond acceptors (Lipinski definition) is 3. The molecule has 1 atom stereocenters. The fourth-order valence-corrected chi connectivity index (χ4v) is 2.40. The van der Waals surface area contributed by atoms with E-state index in [1.807, 2.05) is 42.5 Å². The molecule has 0 heterocycles. The van der Waals surface area contributed by atoms with E-state index in [1.54, 1.807) is 13.0 Å². The highest BCUT2D eigenvalue weighted by atomic mass is 79.9. The Balaban J connectivity index is 2.27. The normalized spacial score (nSPS) is 11.8. The summed E-state index contributed by atoms with van der Waals surface area (Å²) in [6.07, 6.45) is 0. The van der Waals surface area contributed by atoms with Crippen molar-refractivity contribution in [3.63, 3.8) is 0 Å². The van der Waals surface area contributed by atoms with Gasteiger partial charge in [-0.2, -0.15) is 0 Å². The molecule has 21 heavy (non-hydrogen) atoms. The van der Waals surface area contributed by atoms with E-state index >= 15 is 0 Å². The fraction of sp³-hybridized carbons (Fsp3) is 0.188. The third-order valence-corrected chi connectivity index (χ3v) is 4.10. The van der Waals surface area contributed by atoms with E-state index in [0.29, 0.717) is 11.6 Å². The van der Waals surface area contributed by atoms with Gasteiger partial charge in [0.05, 0.1) is 11.6 Å². The number of hydrogen-bond donors (Lipinski definition) is 1. The Morgan fingerprint density at radius 3 is 2.62 bits per heavy atom. The number of ether oxygens (including phenoxy) is 1. The van der Waals surface area contributed by atoms with Gasteiger partial charge < -0.3 is 10.1 Å². The van der Waals surface area contributed by atoms with Gasteiger partial charge in [-0.1, -0.05) is 41.9 Å². The van der Waals surface area contributed by atoms with Crippen LogP contribution in [0, 0.1) is 0 Å². The zero-order valence-corrected chi connectivity index (χ0v) is 13.8.